The number of amides is 2. The third kappa shape index (κ3) is 6.45. The number of hydrogen-bond donors (Lipinski definition) is 2. The molecule has 1 aliphatic rings. The zero-order valence-electron chi connectivity index (χ0n) is 12.2. The number of rotatable bonds is 4. The van der Waals surface area contributed by atoms with Gasteiger partial charge < -0.3 is 15.8 Å². The summed E-state index contributed by atoms with van der Waals surface area (Å²) in [4.78, 5) is 23.0. The molecule has 0 heterocycles. The van der Waals surface area contributed by atoms with Crippen LogP contribution in [0, 0.1) is 5.92 Å². The Labute approximate surface area is 115 Å². The van der Waals surface area contributed by atoms with Crippen LogP contribution in [0.25, 0.3) is 0 Å². The van der Waals surface area contributed by atoms with Crippen molar-refractivity contribution in [3.05, 3.63) is 0 Å². The van der Waals surface area contributed by atoms with Crippen LogP contribution in [-0.4, -0.2) is 23.6 Å². The molecule has 2 amide bonds. The van der Waals surface area contributed by atoms with Crippen LogP contribution >= 0.6 is 0 Å². The zero-order chi connectivity index (χ0) is 14.5. The van der Waals surface area contributed by atoms with Crippen molar-refractivity contribution in [1.82, 2.24) is 5.32 Å². The molecule has 0 bridgehead atoms. The molecule has 5 heteroatoms. The minimum Gasteiger partial charge on any atom is -0.444 e. The summed E-state index contributed by atoms with van der Waals surface area (Å²) in [5.41, 5.74) is 4.74. The molecule has 1 aliphatic carbocycles. The Morgan fingerprint density at radius 2 is 1.84 bits per heavy atom. The molecule has 0 aliphatic heterocycles. The number of nitrogens with one attached hydrogen (secondary N) is 1. The predicted molar refractivity (Wildman–Crippen MR) is 73.5 cm³/mol. The van der Waals surface area contributed by atoms with Gasteiger partial charge in [0, 0.05) is 12.5 Å². The van der Waals surface area contributed by atoms with E-state index in [-0.39, 0.29) is 18.4 Å². The average Bonchev–Trinajstić information content (AvgIpc) is 2.26. The summed E-state index contributed by atoms with van der Waals surface area (Å²) < 4.78 is 5.24. The van der Waals surface area contributed by atoms with Crippen molar-refractivity contribution in [3.8, 4) is 0 Å². The van der Waals surface area contributed by atoms with Crippen LogP contribution in [0.4, 0.5) is 4.79 Å². The van der Waals surface area contributed by atoms with E-state index >= 15 is 0 Å². The molecule has 1 unspecified atom stereocenters. The van der Waals surface area contributed by atoms with Gasteiger partial charge in [-0.2, -0.15) is 0 Å². The van der Waals surface area contributed by atoms with Crippen LogP contribution < -0.4 is 11.1 Å². The predicted octanol–water partition coefficient (Wildman–Crippen LogP) is 2.34. The quantitative estimate of drug-likeness (QED) is 0.822. The highest BCUT2D eigenvalue weighted by atomic mass is 16.6. The van der Waals surface area contributed by atoms with E-state index in [0.717, 1.165) is 25.7 Å². The maximum atomic E-state index is 11.8. The number of hydrogen-bond acceptors (Lipinski definition) is 3. The van der Waals surface area contributed by atoms with Crippen LogP contribution in [0.15, 0.2) is 0 Å². The number of nitrogens with two attached hydrogens (primary N) is 1. The van der Waals surface area contributed by atoms with E-state index in [0.29, 0.717) is 5.92 Å². The third-order valence-electron chi connectivity index (χ3n) is 3.34. The highest BCUT2D eigenvalue weighted by molar-refractivity contribution is 5.76. The Morgan fingerprint density at radius 3 is 2.32 bits per heavy atom. The molecule has 0 aromatic carbocycles. The van der Waals surface area contributed by atoms with Gasteiger partial charge in [-0.05, 0) is 39.5 Å². The first-order valence-electron chi connectivity index (χ1n) is 7.06. The van der Waals surface area contributed by atoms with Crippen LogP contribution in [0.5, 0.6) is 0 Å². The number of ether oxygens (including phenoxy) is 1. The lowest BCUT2D eigenvalue weighted by molar-refractivity contribution is -0.118. The van der Waals surface area contributed by atoms with Gasteiger partial charge in [-0.1, -0.05) is 19.3 Å². The van der Waals surface area contributed by atoms with E-state index in [1.165, 1.54) is 6.42 Å². The minimum atomic E-state index is -0.534. The Balaban J connectivity index is 2.58. The van der Waals surface area contributed by atoms with Gasteiger partial charge >= 0.3 is 6.09 Å². The van der Waals surface area contributed by atoms with Crippen LogP contribution in [-0.2, 0) is 9.53 Å². The summed E-state index contributed by atoms with van der Waals surface area (Å²) in [6, 6.07) is -0.201. The van der Waals surface area contributed by atoms with Gasteiger partial charge in [-0.3, -0.25) is 4.79 Å². The van der Waals surface area contributed by atoms with Crippen LogP contribution in [0.1, 0.15) is 59.3 Å². The minimum absolute atomic E-state index is 0.184. The van der Waals surface area contributed by atoms with Crippen LogP contribution in [0.3, 0.4) is 0 Å². The summed E-state index contributed by atoms with van der Waals surface area (Å²) in [5, 5.41) is 2.81. The second kappa shape index (κ2) is 6.78. The van der Waals surface area contributed by atoms with Gasteiger partial charge in [-0.25, -0.2) is 4.79 Å². The molecular weight excluding hydrogens is 244 g/mol. The molecule has 0 aromatic heterocycles. The molecule has 0 spiro atoms. The molecule has 1 atom stereocenters. The molecule has 0 saturated heterocycles. The van der Waals surface area contributed by atoms with E-state index in [4.69, 9.17) is 10.5 Å². The van der Waals surface area contributed by atoms with E-state index in [1.807, 2.05) is 20.8 Å². The fraction of sp³-hybridized carbons (Fsp3) is 0.857. The van der Waals surface area contributed by atoms with Crippen molar-refractivity contribution in [2.75, 3.05) is 0 Å². The summed E-state index contributed by atoms with van der Waals surface area (Å²) in [7, 11) is 0. The van der Waals surface area contributed by atoms with Crippen molar-refractivity contribution in [1.29, 1.82) is 0 Å². The van der Waals surface area contributed by atoms with Gasteiger partial charge in [0.25, 0.3) is 0 Å². The molecule has 1 rings (SSSR count). The molecule has 1 fully saturated rings. The van der Waals surface area contributed by atoms with Gasteiger partial charge in [-0.15, -0.1) is 0 Å². The van der Waals surface area contributed by atoms with Gasteiger partial charge in [0.1, 0.15) is 5.60 Å². The normalized spacial score (nSPS) is 18.7. The molecule has 3 N–H and O–H groups in total. The van der Waals surface area contributed by atoms with Crippen molar-refractivity contribution in [3.63, 3.8) is 0 Å². The average molecular weight is 270 g/mol. The fourth-order valence-corrected chi connectivity index (χ4v) is 2.55. The van der Waals surface area contributed by atoms with Crippen molar-refractivity contribution in [2.24, 2.45) is 11.7 Å². The fourth-order valence-electron chi connectivity index (χ4n) is 2.55. The lowest BCUT2D eigenvalue weighted by Crippen LogP contribution is -2.45. The lowest BCUT2D eigenvalue weighted by Gasteiger charge is -2.31. The SMILES string of the molecule is CC(C)(C)OC(=O)NC(CC(N)=O)C1CCCCC1. The topological polar surface area (TPSA) is 81.4 Å². The number of carbonyl (C=O) groups excluding carboxylic acids is 2. The van der Waals surface area contributed by atoms with Crippen molar-refractivity contribution in [2.45, 2.75) is 70.9 Å². The molecule has 0 aromatic rings. The van der Waals surface area contributed by atoms with E-state index in [9.17, 15) is 9.59 Å². The standard InChI is InChI=1S/C14H26N2O3/c1-14(2,3)19-13(18)16-11(9-12(15)17)10-7-5-4-6-8-10/h10-11H,4-9H2,1-3H3,(H2,15,17)(H,16,18). The third-order valence-corrected chi connectivity index (χ3v) is 3.34. The van der Waals surface area contributed by atoms with E-state index in [2.05, 4.69) is 5.32 Å². The maximum Gasteiger partial charge on any atom is 0.407 e. The van der Waals surface area contributed by atoms with Crippen molar-refractivity contribution < 1.29 is 14.3 Å². The Bertz CT molecular complexity index is 317. The Morgan fingerprint density at radius 1 is 1.26 bits per heavy atom. The van der Waals surface area contributed by atoms with Gasteiger partial charge in [0.15, 0.2) is 0 Å². The van der Waals surface area contributed by atoms with Gasteiger partial charge in [0.05, 0.1) is 0 Å². The number of carbonyl (C=O) groups is 2. The second-order valence-electron chi connectivity index (χ2n) is 6.32. The molecule has 19 heavy (non-hydrogen) atoms. The first-order chi connectivity index (χ1) is 8.78. The molecule has 0 radical (unpaired) electrons. The molecule has 1 saturated carbocycles. The summed E-state index contributed by atoms with van der Waals surface area (Å²) in [6.45, 7) is 5.45. The van der Waals surface area contributed by atoms with E-state index < -0.39 is 11.7 Å². The van der Waals surface area contributed by atoms with Gasteiger partial charge in [0.2, 0.25) is 5.91 Å². The van der Waals surface area contributed by atoms with E-state index in [1.54, 1.807) is 0 Å². The second-order valence-corrected chi connectivity index (χ2v) is 6.32. The first kappa shape index (κ1) is 15.8. The monoisotopic (exact) mass is 270 g/mol. The first-order valence-corrected chi connectivity index (χ1v) is 7.06. The largest absolute Gasteiger partial charge is 0.444 e. The highest BCUT2D eigenvalue weighted by Gasteiger charge is 2.28. The number of primary amides is 1. The van der Waals surface area contributed by atoms with Crippen molar-refractivity contribution >= 4 is 12.0 Å². The number of alkyl carbamates (subject to hydrolysis) is 1. The lowest BCUT2D eigenvalue weighted by atomic mass is 9.82. The maximum absolute atomic E-state index is 11.8. The summed E-state index contributed by atoms with van der Waals surface area (Å²) in [6.07, 6.45) is 5.31. The summed E-state index contributed by atoms with van der Waals surface area (Å²) in [5.74, 6) is -0.0552. The molecular formula is C14H26N2O3. The molecule has 5 nitrogen and oxygen atoms in total. The zero-order valence-corrected chi connectivity index (χ0v) is 12.2. The van der Waals surface area contributed by atoms with Crippen LogP contribution in [0.2, 0.25) is 0 Å². The smallest absolute Gasteiger partial charge is 0.407 e. The Hall–Kier alpha value is -1.26. The Kier molecular flexibility index (Phi) is 5.63. The molecule has 110 valence electrons. The highest BCUT2D eigenvalue weighted by Crippen LogP contribution is 2.28. The summed E-state index contributed by atoms with van der Waals surface area (Å²) >= 11 is 0.